The van der Waals surface area contributed by atoms with Crippen LogP contribution in [0.15, 0.2) is 29.1 Å². The number of thiazole rings is 1. The van der Waals surface area contributed by atoms with Gasteiger partial charge < -0.3 is 14.2 Å². The molecule has 0 aliphatic carbocycles. The van der Waals surface area contributed by atoms with Gasteiger partial charge in [-0.3, -0.25) is 9.59 Å². The van der Waals surface area contributed by atoms with E-state index in [1.807, 2.05) is 26.0 Å². The molecule has 0 saturated heterocycles. The third kappa shape index (κ3) is 3.29. The van der Waals surface area contributed by atoms with Gasteiger partial charge in [-0.1, -0.05) is 11.3 Å². The van der Waals surface area contributed by atoms with E-state index in [9.17, 15) is 9.59 Å². The highest BCUT2D eigenvalue weighted by Gasteiger charge is 2.17. The van der Waals surface area contributed by atoms with Crippen molar-refractivity contribution in [1.82, 2.24) is 9.38 Å². The van der Waals surface area contributed by atoms with E-state index in [1.165, 1.54) is 32.5 Å². The average Bonchev–Trinajstić information content (AvgIpc) is 3.18. The van der Waals surface area contributed by atoms with E-state index in [2.05, 4.69) is 4.98 Å². The minimum Gasteiger partial charge on any atom is -0.493 e. The van der Waals surface area contributed by atoms with E-state index in [0.717, 1.165) is 22.2 Å². The minimum absolute atomic E-state index is 0.136. The zero-order valence-corrected chi connectivity index (χ0v) is 18.0. The molecule has 0 atom stereocenters. The molecule has 0 N–H and O–H groups in total. The monoisotopic (exact) mass is 424 g/mol. The van der Waals surface area contributed by atoms with Crippen LogP contribution in [0.25, 0.3) is 22.1 Å². The highest BCUT2D eigenvalue weighted by Crippen LogP contribution is 2.38. The molecule has 0 amide bonds. The number of nitrogens with zero attached hydrogens (tertiary/aromatic N) is 2. The van der Waals surface area contributed by atoms with Crippen molar-refractivity contribution in [3.8, 4) is 17.2 Å². The molecule has 7 nitrogen and oxygen atoms in total. The van der Waals surface area contributed by atoms with Gasteiger partial charge in [0.2, 0.25) is 5.75 Å². The van der Waals surface area contributed by atoms with Gasteiger partial charge in [0, 0.05) is 6.92 Å². The Morgan fingerprint density at radius 3 is 2.30 bits per heavy atom. The standard InChI is InChI=1S/C22H20N2O5S/c1-11-6-15-16(7-12(11)2)24-21(26)19(30-22(24)23-15)10-14-8-17(27-4)20(29-13(3)25)18(9-14)28-5/h6-10H,1-5H3/b19-10+. The lowest BCUT2D eigenvalue weighted by Crippen LogP contribution is -2.22. The van der Waals surface area contributed by atoms with Crippen LogP contribution in [0, 0.1) is 13.8 Å². The number of fused-ring (bicyclic) bond motifs is 3. The summed E-state index contributed by atoms with van der Waals surface area (Å²) in [4.78, 5) is 29.7. The molecule has 0 aliphatic heterocycles. The Hall–Kier alpha value is -3.39. The number of hydrogen-bond donors (Lipinski definition) is 0. The largest absolute Gasteiger partial charge is 0.493 e. The zero-order chi connectivity index (χ0) is 21.6. The number of methoxy groups -OCH3 is 2. The summed E-state index contributed by atoms with van der Waals surface area (Å²) >= 11 is 1.31. The van der Waals surface area contributed by atoms with Crippen molar-refractivity contribution in [2.45, 2.75) is 20.8 Å². The number of benzene rings is 2. The van der Waals surface area contributed by atoms with E-state index < -0.39 is 5.97 Å². The molecule has 8 heteroatoms. The number of aromatic nitrogens is 2. The van der Waals surface area contributed by atoms with Crippen molar-refractivity contribution in [2.75, 3.05) is 14.2 Å². The first-order chi connectivity index (χ1) is 14.3. The second kappa shape index (κ2) is 7.46. The molecule has 0 saturated carbocycles. The molecule has 4 aromatic rings. The third-order valence-corrected chi connectivity index (χ3v) is 5.85. The number of carbonyl (C=O) groups is 1. The van der Waals surface area contributed by atoms with Crippen LogP contribution in [0.3, 0.4) is 0 Å². The first kappa shape index (κ1) is 19.9. The fourth-order valence-electron chi connectivity index (χ4n) is 3.30. The molecule has 0 fully saturated rings. The van der Waals surface area contributed by atoms with Gasteiger partial charge in [0.05, 0.1) is 29.8 Å². The summed E-state index contributed by atoms with van der Waals surface area (Å²) in [7, 11) is 2.94. The molecular weight excluding hydrogens is 404 g/mol. The van der Waals surface area contributed by atoms with Crippen LogP contribution < -0.4 is 24.3 Å². The number of ether oxygens (including phenoxy) is 3. The predicted molar refractivity (Wildman–Crippen MR) is 116 cm³/mol. The normalized spacial score (nSPS) is 12.0. The first-order valence-corrected chi connectivity index (χ1v) is 10.0. The van der Waals surface area contributed by atoms with E-state index in [1.54, 1.807) is 22.6 Å². The van der Waals surface area contributed by atoms with Crippen LogP contribution in [-0.2, 0) is 4.79 Å². The first-order valence-electron chi connectivity index (χ1n) is 9.20. The molecule has 0 spiro atoms. The topological polar surface area (TPSA) is 79.1 Å². The molecule has 2 aromatic carbocycles. The van der Waals surface area contributed by atoms with Crippen LogP contribution in [0.2, 0.25) is 0 Å². The molecular formula is C22H20N2O5S. The lowest BCUT2D eigenvalue weighted by molar-refractivity contribution is -0.132. The number of hydrogen-bond acceptors (Lipinski definition) is 7. The number of esters is 1. The average molecular weight is 424 g/mol. The fraction of sp³-hybridized carbons (Fsp3) is 0.227. The van der Waals surface area contributed by atoms with Crippen molar-refractivity contribution in [1.29, 1.82) is 0 Å². The molecule has 2 aromatic heterocycles. The highest BCUT2D eigenvalue weighted by atomic mass is 32.1. The van der Waals surface area contributed by atoms with E-state index >= 15 is 0 Å². The molecule has 0 unspecified atom stereocenters. The quantitative estimate of drug-likeness (QED) is 0.370. The fourth-order valence-corrected chi connectivity index (χ4v) is 4.28. The van der Waals surface area contributed by atoms with Crippen molar-refractivity contribution < 1.29 is 19.0 Å². The zero-order valence-electron chi connectivity index (χ0n) is 17.2. The van der Waals surface area contributed by atoms with Gasteiger partial charge in [-0.15, -0.1) is 0 Å². The van der Waals surface area contributed by atoms with Gasteiger partial charge >= 0.3 is 5.97 Å². The highest BCUT2D eigenvalue weighted by molar-refractivity contribution is 7.15. The van der Waals surface area contributed by atoms with Gasteiger partial charge in [0.15, 0.2) is 16.5 Å². The predicted octanol–water partition coefficient (Wildman–Crippen LogP) is 3.02. The number of rotatable bonds is 4. The molecule has 154 valence electrons. The van der Waals surface area contributed by atoms with Gasteiger partial charge in [-0.2, -0.15) is 0 Å². The maximum absolute atomic E-state index is 13.1. The summed E-state index contributed by atoms with van der Waals surface area (Å²) in [5, 5.41) is 0. The Balaban J connectivity index is 1.91. The third-order valence-electron chi connectivity index (χ3n) is 4.88. The Bertz CT molecular complexity index is 1390. The molecule has 0 radical (unpaired) electrons. The van der Waals surface area contributed by atoms with Gasteiger partial charge in [-0.25, -0.2) is 9.38 Å². The summed E-state index contributed by atoms with van der Waals surface area (Å²) < 4.78 is 18.1. The summed E-state index contributed by atoms with van der Waals surface area (Å²) in [5.74, 6) is 0.383. The van der Waals surface area contributed by atoms with Crippen LogP contribution in [0.1, 0.15) is 23.6 Å². The number of carbonyl (C=O) groups excluding carboxylic acids is 1. The molecule has 4 rings (SSSR count). The van der Waals surface area contributed by atoms with E-state index in [-0.39, 0.29) is 11.3 Å². The summed E-state index contributed by atoms with van der Waals surface area (Å²) in [6.07, 6.45) is 1.75. The van der Waals surface area contributed by atoms with Crippen LogP contribution in [0.5, 0.6) is 17.2 Å². The van der Waals surface area contributed by atoms with Crippen LogP contribution in [0.4, 0.5) is 0 Å². The molecule has 0 aliphatic rings. The maximum atomic E-state index is 13.1. The van der Waals surface area contributed by atoms with Crippen molar-refractivity contribution in [3.63, 3.8) is 0 Å². The SMILES string of the molecule is COc1cc(/C=c2/sc3nc4cc(C)c(C)cc4n3c2=O)cc(OC)c1OC(C)=O. The minimum atomic E-state index is -0.484. The smallest absolute Gasteiger partial charge is 0.308 e. The molecule has 30 heavy (non-hydrogen) atoms. The van der Waals surface area contributed by atoms with Gasteiger partial charge in [0.1, 0.15) is 0 Å². The molecule has 2 heterocycles. The Kier molecular flexibility index (Phi) is 4.95. The maximum Gasteiger partial charge on any atom is 0.308 e. The van der Waals surface area contributed by atoms with E-state index in [4.69, 9.17) is 14.2 Å². The van der Waals surface area contributed by atoms with Crippen LogP contribution >= 0.6 is 11.3 Å². The summed E-state index contributed by atoms with van der Waals surface area (Å²) in [6, 6.07) is 7.36. The lowest BCUT2D eigenvalue weighted by Gasteiger charge is -2.13. The molecule has 0 bridgehead atoms. The van der Waals surface area contributed by atoms with Crippen molar-refractivity contribution in [2.24, 2.45) is 0 Å². The van der Waals surface area contributed by atoms with Gasteiger partial charge in [-0.05, 0) is 60.9 Å². The Morgan fingerprint density at radius 1 is 1.07 bits per heavy atom. The number of aryl methyl sites for hydroxylation is 2. The van der Waals surface area contributed by atoms with Crippen LogP contribution in [-0.4, -0.2) is 29.6 Å². The lowest BCUT2D eigenvalue weighted by atomic mass is 10.1. The van der Waals surface area contributed by atoms with Crippen molar-refractivity contribution >= 4 is 39.4 Å². The van der Waals surface area contributed by atoms with Gasteiger partial charge in [0.25, 0.3) is 5.56 Å². The number of imidazole rings is 1. The Labute approximate surface area is 176 Å². The summed E-state index contributed by atoms with van der Waals surface area (Å²) in [6.45, 7) is 5.35. The second-order valence-electron chi connectivity index (χ2n) is 6.92. The summed E-state index contributed by atoms with van der Waals surface area (Å²) in [5.41, 5.74) is 4.40. The Morgan fingerprint density at radius 2 is 1.70 bits per heavy atom. The van der Waals surface area contributed by atoms with E-state index in [0.29, 0.717) is 26.6 Å². The second-order valence-corrected chi connectivity index (χ2v) is 7.93. The van der Waals surface area contributed by atoms with Crippen molar-refractivity contribution in [3.05, 3.63) is 55.8 Å².